The van der Waals surface area contributed by atoms with Gasteiger partial charge in [0, 0.05) is 6.04 Å². The first-order valence-corrected chi connectivity index (χ1v) is 12.7. The normalized spacial score (nSPS) is 14.8. The van der Waals surface area contributed by atoms with Gasteiger partial charge in [0.1, 0.15) is 29.9 Å². The molecule has 1 fully saturated rings. The van der Waals surface area contributed by atoms with Crippen LogP contribution in [-0.2, 0) is 22.7 Å². The van der Waals surface area contributed by atoms with Gasteiger partial charge in [-0.3, -0.25) is 9.59 Å². The Morgan fingerprint density at radius 1 is 1.13 bits per heavy atom. The van der Waals surface area contributed by atoms with Crippen molar-refractivity contribution in [1.82, 2.24) is 30.4 Å². The molecule has 11 heteroatoms. The minimum absolute atomic E-state index is 0.0187. The zero-order chi connectivity index (χ0) is 26.5. The minimum Gasteiger partial charge on any atom is -0.467 e. The molecule has 10 nitrogen and oxygen atoms in total. The Hall–Kier alpha value is -4.28. The number of hydrogen-bond acceptors (Lipinski definition) is 7. The zero-order valence-corrected chi connectivity index (χ0v) is 21.0. The number of carbonyl (C=O) groups excluding carboxylic acids is 2. The summed E-state index contributed by atoms with van der Waals surface area (Å²) in [6, 6.07) is 11.6. The number of halogens is 1. The summed E-state index contributed by atoms with van der Waals surface area (Å²) in [5.74, 6) is 0.670. The molecule has 0 aliphatic heterocycles. The zero-order valence-electron chi connectivity index (χ0n) is 21.0. The molecule has 198 valence electrons. The maximum absolute atomic E-state index is 13.8. The van der Waals surface area contributed by atoms with Crippen LogP contribution in [0.5, 0.6) is 0 Å². The number of nitrogens with one attached hydrogen (secondary N) is 1. The van der Waals surface area contributed by atoms with Gasteiger partial charge in [0.15, 0.2) is 5.76 Å². The van der Waals surface area contributed by atoms with Crippen molar-refractivity contribution in [3.8, 4) is 11.6 Å². The summed E-state index contributed by atoms with van der Waals surface area (Å²) in [5.41, 5.74) is 0.484. The first-order valence-electron chi connectivity index (χ1n) is 12.7. The van der Waals surface area contributed by atoms with Gasteiger partial charge in [-0.1, -0.05) is 31.4 Å². The van der Waals surface area contributed by atoms with Gasteiger partial charge in [0.05, 0.1) is 12.8 Å². The standard InChI is InChI=1S/C27H29FN6O4/c1-18-9-14-23(38-18)26-30-32-34(31-26)17-24(35)33(16-22-8-5-15-37-22)25(19-10-12-20(28)13-11-19)27(36)29-21-6-3-2-4-7-21/h5,8-15,21,25H,2-4,6-7,16-17H2,1H3,(H,29,36). The molecule has 1 N–H and O–H groups in total. The van der Waals surface area contributed by atoms with Crippen molar-refractivity contribution in [1.29, 1.82) is 0 Å². The number of nitrogens with zero attached hydrogens (tertiary/aromatic N) is 5. The summed E-state index contributed by atoms with van der Waals surface area (Å²) < 4.78 is 24.8. The third-order valence-electron chi connectivity index (χ3n) is 6.61. The van der Waals surface area contributed by atoms with Crippen molar-refractivity contribution in [2.75, 3.05) is 0 Å². The average molecular weight is 521 g/mol. The molecule has 0 spiro atoms. The highest BCUT2D eigenvalue weighted by Crippen LogP contribution is 2.27. The largest absolute Gasteiger partial charge is 0.467 e. The van der Waals surface area contributed by atoms with Crippen molar-refractivity contribution < 1.29 is 22.8 Å². The van der Waals surface area contributed by atoms with E-state index in [-0.39, 0.29) is 30.9 Å². The molecule has 5 rings (SSSR count). The number of rotatable bonds is 9. The Morgan fingerprint density at radius 2 is 1.92 bits per heavy atom. The fourth-order valence-electron chi connectivity index (χ4n) is 4.71. The quantitative estimate of drug-likeness (QED) is 0.351. The van der Waals surface area contributed by atoms with Crippen LogP contribution in [0.1, 0.15) is 55.2 Å². The summed E-state index contributed by atoms with van der Waals surface area (Å²) in [6.07, 6.45) is 6.48. The second-order valence-corrected chi connectivity index (χ2v) is 9.45. The van der Waals surface area contributed by atoms with Crippen LogP contribution in [0.4, 0.5) is 4.39 Å². The van der Waals surface area contributed by atoms with E-state index in [4.69, 9.17) is 8.83 Å². The lowest BCUT2D eigenvalue weighted by atomic mass is 9.94. The van der Waals surface area contributed by atoms with Gasteiger partial charge in [-0.25, -0.2) is 4.39 Å². The van der Waals surface area contributed by atoms with Gasteiger partial charge >= 0.3 is 0 Å². The number of carbonyl (C=O) groups is 2. The van der Waals surface area contributed by atoms with Gasteiger partial charge in [0.25, 0.3) is 0 Å². The molecular formula is C27H29FN6O4. The second kappa shape index (κ2) is 11.4. The fourth-order valence-corrected chi connectivity index (χ4v) is 4.71. The molecule has 0 radical (unpaired) electrons. The lowest BCUT2D eigenvalue weighted by molar-refractivity contribution is -0.143. The van der Waals surface area contributed by atoms with Crippen LogP contribution < -0.4 is 5.32 Å². The van der Waals surface area contributed by atoms with Crippen molar-refractivity contribution in [2.45, 2.75) is 64.2 Å². The fraction of sp³-hybridized carbons (Fsp3) is 0.370. The molecule has 0 bridgehead atoms. The van der Waals surface area contributed by atoms with Crippen molar-refractivity contribution in [3.63, 3.8) is 0 Å². The highest BCUT2D eigenvalue weighted by atomic mass is 19.1. The van der Waals surface area contributed by atoms with Crippen LogP contribution in [0.25, 0.3) is 11.6 Å². The van der Waals surface area contributed by atoms with Gasteiger partial charge in [-0.05, 0) is 66.9 Å². The molecule has 0 saturated heterocycles. The second-order valence-electron chi connectivity index (χ2n) is 9.45. The number of hydrogen-bond donors (Lipinski definition) is 1. The first-order chi connectivity index (χ1) is 18.5. The molecule has 4 aromatic rings. The summed E-state index contributed by atoms with van der Waals surface area (Å²) in [7, 11) is 0. The van der Waals surface area contributed by atoms with Crippen LogP contribution >= 0.6 is 0 Å². The van der Waals surface area contributed by atoms with Gasteiger partial charge < -0.3 is 19.1 Å². The van der Waals surface area contributed by atoms with Gasteiger partial charge in [-0.15, -0.1) is 10.2 Å². The molecule has 38 heavy (non-hydrogen) atoms. The van der Waals surface area contributed by atoms with E-state index in [0.29, 0.717) is 22.8 Å². The van der Waals surface area contributed by atoms with Gasteiger partial charge in [0.2, 0.25) is 17.6 Å². The lowest BCUT2D eigenvalue weighted by Gasteiger charge is -2.33. The van der Waals surface area contributed by atoms with E-state index in [1.54, 1.807) is 31.2 Å². The third-order valence-corrected chi connectivity index (χ3v) is 6.61. The highest BCUT2D eigenvalue weighted by Gasteiger charge is 2.34. The number of aryl methyl sites for hydroxylation is 1. The predicted octanol–water partition coefficient (Wildman–Crippen LogP) is 4.19. The smallest absolute Gasteiger partial charge is 0.247 e. The molecule has 1 saturated carbocycles. The number of aromatic nitrogens is 4. The average Bonchev–Trinajstić information content (AvgIpc) is 3.68. The first kappa shape index (κ1) is 25.4. The lowest BCUT2D eigenvalue weighted by Crippen LogP contribution is -2.47. The topological polar surface area (TPSA) is 119 Å². The number of furan rings is 2. The molecule has 1 atom stereocenters. The van der Waals surface area contributed by atoms with Crippen molar-refractivity contribution in [3.05, 3.63) is 77.7 Å². The van der Waals surface area contributed by atoms with Crippen LogP contribution in [0, 0.1) is 12.7 Å². The van der Waals surface area contributed by atoms with E-state index in [2.05, 4.69) is 20.7 Å². The Morgan fingerprint density at radius 3 is 2.61 bits per heavy atom. The van der Waals surface area contributed by atoms with E-state index < -0.39 is 17.8 Å². The van der Waals surface area contributed by atoms with E-state index in [1.807, 2.05) is 0 Å². The van der Waals surface area contributed by atoms with Crippen LogP contribution in [0.2, 0.25) is 0 Å². The molecule has 1 aliphatic carbocycles. The summed E-state index contributed by atoms with van der Waals surface area (Å²) in [5, 5.41) is 15.4. The van der Waals surface area contributed by atoms with Crippen molar-refractivity contribution >= 4 is 11.8 Å². The maximum Gasteiger partial charge on any atom is 0.247 e. The monoisotopic (exact) mass is 520 g/mol. The SMILES string of the molecule is Cc1ccc(-c2nnn(CC(=O)N(Cc3ccco3)C(C(=O)NC3CCCCC3)c3ccc(F)cc3)n2)o1. The molecule has 1 aliphatic rings. The molecule has 1 unspecified atom stereocenters. The number of tetrazole rings is 1. The Balaban J connectivity index is 1.44. The van der Waals surface area contributed by atoms with Crippen LogP contribution in [0.3, 0.4) is 0 Å². The molecule has 3 heterocycles. The van der Waals surface area contributed by atoms with E-state index in [0.717, 1.165) is 36.9 Å². The van der Waals surface area contributed by atoms with E-state index >= 15 is 0 Å². The minimum atomic E-state index is -1.02. The number of amides is 2. The Kier molecular flexibility index (Phi) is 7.62. The molecular weight excluding hydrogens is 491 g/mol. The third kappa shape index (κ3) is 5.99. The maximum atomic E-state index is 13.8. The predicted molar refractivity (Wildman–Crippen MR) is 134 cm³/mol. The van der Waals surface area contributed by atoms with E-state index in [1.165, 1.54) is 35.4 Å². The molecule has 3 aromatic heterocycles. The highest BCUT2D eigenvalue weighted by molar-refractivity contribution is 5.88. The summed E-state index contributed by atoms with van der Waals surface area (Å²) in [6.45, 7) is 1.55. The number of benzene rings is 1. The van der Waals surface area contributed by atoms with Crippen LogP contribution in [-0.4, -0.2) is 43.0 Å². The van der Waals surface area contributed by atoms with Crippen LogP contribution in [0.15, 0.2) is 63.6 Å². The van der Waals surface area contributed by atoms with Crippen molar-refractivity contribution in [2.24, 2.45) is 0 Å². The molecule has 1 aromatic carbocycles. The molecule has 2 amide bonds. The summed E-state index contributed by atoms with van der Waals surface area (Å²) >= 11 is 0. The Bertz CT molecular complexity index is 1360. The van der Waals surface area contributed by atoms with Gasteiger partial charge in [-0.2, -0.15) is 4.80 Å². The summed E-state index contributed by atoms with van der Waals surface area (Å²) in [4.78, 5) is 30.0. The Labute approximate surface area is 218 Å². The van der Waals surface area contributed by atoms with E-state index in [9.17, 15) is 14.0 Å².